The van der Waals surface area contributed by atoms with Crippen LogP contribution in [0.4, 0.5) is 0 Å². The second kappa shape index (κ2) is 6.79. The van der Waals surface area contributed by atoms with E-state index in [-0.39, 0.29) is 10.8 Å². The Morgan fingerprint density at radius 3 is 2.64 bits per heavy atom. The number of hydrogen-bond donors (Lipinski definition) is 1. The molecule has 4 aliphatic rings. The number of ketones is 2. The molecule has 5 heteroatoms. The Morgan fingerprint density at radius 1 is 1.18 bits per heavy atom. The molecule has 0 aromatic rings. The molecule has 0 amide bonds. The molecular weight excluding hydrogens is 356 g/mol. The summed E-state index contributed by atoms with van der Waals surface area (Å²) < 4.78 is 4.75. The Labute approximate surface area is 166 Å². The van der Waals surface area contributed by atoms with E-state index in [1.165, 1.54) is 6.92 Å². The van der Waals surface area contributed by atoms with Gasteiger partial charge in [-0.15, -0.1) is 0 Å². The van der Waals surface area contributed by atoms with Crippen molar-refractivity contribution in [3.05, 3.63) is 11.6 Å². The molecule has 0 spiro atoms. The van der Waals surface area contributed by atoms with E-state index >= 15 is 0 Å². The molecule has 2 unspecified atom stereocenters. The van der Waals surface area contributed by atoms with Gasteiger partial charge in [-0.25, -0.2) is 0 Å². The van der Waals surface area contributed by atoms with E-state index < -0.39 is 18.0 Å². The van der Waals surface area contributed by atoms with Crippen LogP contribution in [0.2, 0.25) is 0 Å². The van der Waals surface area contributed by atoms with Gasteiger partial charge in [0.25, 0.3) is 6.29 Å². The van der Waals surface area contributed by atoms with Crippen LogP contribution in [0.5, 0.6) is 0 Å². The lowest BCUT2D eigenvalue weighted by molar-refractivity contribution is -0.172. The van der Waals surface area contributed by atoms with Crippen molar-refractivity contribution in [2.45, 2.75) is 78.4 Å². The van der Waals surface area contributed by atoms with Crippen molar-refractivity contribution in [1.29, 1.82) is 0 Å². The van der Waals surface area contributed by atoms with E-state index in [1.54, 1.807) is 0 Å². The van der Waals surface area contributed by atoms with Gasteiger partial charge in [0.05, 0.1) is 0 Å². The van der Waals surface area contributed by atoms with Crippen LogP contribution in [0, 0.1) is 34.5 Å². The number of aliphatic hydroxyl groups excluding tert-OH is 1. The highest BCUT2D eigenvalue weighted by Gasteiger charge is 2.59. The SMILES string of the molecule is CC(=O)OC(O)C(=O)C1=CC[C@H]2[C@@H]3CCC4CC(=O)CC[C@]4(C)[C@H]3CC[C@]12C. The van der Waals surface area contributed by atoms with Gasteiger partial charge in [0.1, 0.15) is 5.78 Å². The summed E-state index contributed by atoms with van der Waals surface area (Å²) in [6, 6.07) is 0. The fraction of sp³-hybridized carbons (Fsp3) is 0.783. The maximum atomic E-state index is 12.8. The van der Waals surface area contributed by atoms with Gasteiger partial charge >= 0.3 is 5.97 Å². The third-order valence-electron chi connectivity index (χ3n) is 8.83. The molecule has 4 rings (SSSR count). The number of Topliss-reactive ketones (excluding diaryl/α,β-unsaturated/α-hetero) is 2. The third kappa shape index (κ3) is 2.89. The van der Waals surface area contributed by atoms with Crippen molar-refractivity contribution >= 4 is 17.5 Å². The van der Waals surface area contributed by atoms with Crippen molar-refractivity contribution < 1.29 is 24.2 Å². The smallest absolute Gasteiger partial charge is 0.305 e. The fourth-order valence-corrected chi connectivity index (χ4v) is 7.34. The van der Waals surface area contributed by atoms with Gasteiger partial charge in [-0.2, -0.15) is 0 Å². The fourth-order valence-electron chi connectivity index (χ4n) is 7.34. The van der Waals surface area contributed by atoms with E-state index in [9.17, 15) is 19.5 Å². The summed E-state index contributed by atoms with van der Waals surface area (Å²) in [6.45, 7) is 5.76. The zero-order chi connectivity index (χ0) is 20.3. The minimum atomic E-state index is -1.70. The number of esters is 1. The average molecular weight is 389 g/mol. The summed E-state index contributed by atoms with van der Waals surface area (Å²) in [7, 11) is 0. The molecule has 0 aromatic carbocycles. The maximum absolute atomic E-state index is 12.8. The highest BCUT2D eigenvalue weighted by atomic mass is 16.6. The molecule has 3 saturated carbocycles. The quantitative estimate of drug-likeness (QED) is 0.590. The van der Waals surface area contributed by atoms with Gasteiger partial charge in [-0.1, -0.05) is 19.9 Å². The molecule has 28 heavy (non-hydrogen) atoms. The van der Waals surface area contributed by atoms with E-state index in [4.69, 9.17) is 4.74 Å². The summed E-state index contributed by atoms with van der Waals surface area (Å²) in [4.78, 5) is 35.9. The minimum Gasteiger partial charge on any atom is -0.428 e. The highest BCUT2D eigenvalue weighted by Crippen LogP contribution is 2.66. The number of carbonyl (C=O) groups excluding carboxylic acids is 3. The Balaban J connectivity index is 1.55. The van der Waals surface area contributed by atoms with Gasteiger partial charge in [-0.3, -0.25) is 14.4 Å². The lowest BCUT2D eigenvalue weighted by Crippen LogP contribution is -2.53. The van der Waals surface area contributed by atoms with Gasteiger partial charge in [0.15, 0.2) is 0 Å². The summed E-state index contributed by atoms with van der Waals surface area (Å²) in [5.41, 5.74) is 0.630. The maximum Gasteiger partial charge on any atom is 0.305 e. The molecule has 154 valence electrons. The molecule has 0 saturated heterocycles. The second-order valence-corrected chi connectivity index (χ2v) is 10.0. The molecular formula is C23H32O5. The van der Waals surface area contributed by atoms with Crippen LogP contribution in [0.25, 0.3) is 0 Å². The van der Waals surface area contributed by atoms with Crippen LogP contribution in [0.3, 0.4) is 0 Å². The van der Waals surface area contributed by atoms with Crippen LogP contribution >= 0.6 is 0 Å². The molecule has 1 N–H and O–H groups in total. The van der Waals surface area contributed by atoms with Gasteiger partial charge < -0.3 is 9.84 Å². The van der Waals surface area contributed by atoms with E-state index in [0.29, 0.717) is 41.4 Å². The lowest BCUT2D eigenvalue weighted by Gasteiger charge is -2.60. The topological polar surface area (TPSA) is 80.7 Å². The van der Waals surface area contributed by atoms with Crippen molar-refractivity contribution in [2.24, 2.45) is 34.5 Å². The first-order chi connectivity index (χ1) is 13.2. The average Bonchev–Trinajstić information content (AvgIpc) is 2.98. The van der Waals surface area contributed by atoms with Crippen molar-refractivity contribution in [3.63, 3.8) is 0 Å². The zero-order valence-electron chi connectivity index (χ0n) is 17.2. The summed E-state index contributed by atoms with van der Waals surface area (Å²) >= 11 is 0. The molecule has 7 atom stereocenters. The zero-order valence-corrected chi connectivity index (χ0v) is 17.2. The Morgan fingerprint density at radius 2 is 1.93 bits per heavy atom. The van der Waals surface area contributed by atoms with E-state index in [2.05, 4.69) is 13.8 Å². The normalized spacial score (nSPS) is 43.3. The molecule has 0 aromatic heterocycles. The number of allylic oxidation sites excluding steroid dienone is 1. The van der Waals surface area contributed by atoms with Crippen LogP contribution in [0.15, 0.2) is 11.6 Å². The summed E-state index contributed by atoms with van der Waals surface area (Å²) in [5, 5.41) is 10.0. The highest BCUT2D eigenvalue weighted by molar-refractivity contribution is 6.00. The molecule has 0 heterocycles. The number of carbonyl (C=O) groups is 3. The summed E-state index contributed by atoms with van der Waals surface area (Å²) in [6.07, 6.45) is 7.82. The number of ether oxygens (including phenoxy) is 1. The number of hydrogen-bond acceptors (Lipinski definition) is 5. The standard InChI is InChI=1S/C23H32O5/c1-13(24)28-21(27)20(26)19-7-6-17-16-5-4-14-12-15(25)8-10-22(14,2)18(16)9-11-23(17,19)3/h7,14,16-18,21,27H,4-6,8-12H2,1-3H3/t14?,16-,17-,18-,21?,22-,23-/m0/s1. The van der Waals surface area contributed by atoms with Gasteiger partial charge in [-0.05, 0) is 73.0 Å². The van der Waals surface area contributed by atoms with Crippen LogP contribution in [-0.2, 0) is 19.1 Å². The first-order valence-corrected chi connectivity index (χ1v) is 10.8. The van der Waals surface area contributed by atoms with E-state index in [0.717, 1.165) is 44.9 Å². The molecule has 0 aliphatic heterocycles. The van der Waals surface area contributed by atoms with Crippen LogP contribution in [-0.4, -0.2) is 28.9 Å². The van der Waals surface area contributed by atoms with Crippen LogP contribution in [0.1, 0.15) is 72.1 Å². The second-order valence-electron chi connectivity index (χ2n) is 10.0. The summed E-state index contributed by atoms with van der Waals surface area (Å²) in [5.74, 6) is 1.39. The predicted octanol–water partition coefficient (Wildman–Crippen LogP) is 3.59. The van der Waals surface area contributed by atoms with E-state index in [1.807, 2.05) is 6.08 Å². The monoisotopic (exact) mass is 388 g/mol. The lowest BCUT2D eigenvalue weighted by atomic mass is 9.44. The number of rotatable bonds is 3. The molecule has 0 bridgehead atoms. The first-order valence-electron chi connectivity index (χ1n) is 10.8. The Kier molecular flexibility index (Phi) is 4.80. The first kappa shape index (κ1) is 19.8. The minimum absolute atomic E-state index is 0.238. The third-order valence-corrected chi connectivity index (χ3v) is 8.83. The molecule has 3 fully saturated rings. The Bertz CT molecular complexity index is 739. The van der Waals surface area contributed by atoms with Gasteiger partial charge in [0, 0.05) is 25.3 Å². The number of fused-ring (bicyclic) bond motifs is 5. The molecule has 0 radical (unpaired) electrons. The van der Waals surface area contributed by atoms with Crippen molar-refractivity contribution in [3.8, 4) is 0 Å². The predicted molar refractivity (Wildman–Crippen MR) is 103 cm³/mol. The Hall–Kier alpha value is -1.49. The van der Waals surface area contributed by atoms with Crippen molar-refractivity contribution in [1.82, 2.24) is 0 Å². The molecule has 4 aliphatic carbocycles. The largest absolute Gasteiger partial charge is 0.428 e. The van der Waals surface area contributed by atoms with Crippen molar-refractivity contribution in [2.75, 3.05) is 0 Å². The number of aliphatic hydroxyl groups is 1. The van der Waals surface area contributed by atoms with Gasteiger partial charge in [0.2, 0.25) is 5.78 Å². The van der Waals surface area contributed by atoms with Crippen LogP contribution < -0.4 is 0 Å². The molecule has 5 nitrogen and oxygen atoms in total.